The Bertz CT molecular complexity index is 749. The molecular formula is C19H22O6. The second kappa shape index (κ2) is 6.88. The van der Waals surface area contributed by atoms with Crippen LogP contribution < -0.4 is 4.74 Å². The fourth-order valence-corrected chi connectivity index (χ4v) is 3.93. The van der Waals surface area contributed by atoms with Gasteiger partial charge in [-0.2, -0.15) is 0 Å². The largest absolute Gasteiger partial charge is 0.496 e. The summed E-state index contributed by atoms with van der Waals surface area (Å²) in [5.74, 6) is -0.598. The highest BCUT2D eigenvalue weighted by Gasteiger charge is 2.33. The van der Waals surface area contributed by atoms with Gasteiger partial charge in [0, 0.05) is 11.1 Å². The van der Waals surface area contributed by atoms with Crippen molar-refractivity contribution < 1.29 is 29.3 Å². The minimum atomic E-state index is -1.25. The molecule has 0 spiro atoms. The predicted octanol–water partition coefficient (Wildman–Crippen LogP) is 2.91. The number of aliphatic hydroxyl groups excluding tert-OH is 1. The molecule has 6 heteroatoms. The first-order valence-corrected chi connectivity index (χ1v) is 8.42. The Balaban J connectivity index is 1.92. The van der Waals surface area contributed by atoms with Crippen molar-refractivity contribution in [3.05, 3.63) is 40.0 Å². The van der Waals surface area contributed by atoms with Crippen molar-refractivity contribution in [2.75, 3.05) is 7.11 Å². The monoisotopic (exact) mass is 346 g/mol. The first-order valence-electron chi connectivity index (χ1n) is 8.42. The zero-order chi connectivity index (χ0) is 18.1. The van der Waals surface area contributed by atoms with E-state index in [2.05, 4.69) is 6.08 Å². The molecule has 134 valence electrons. The smallest absolute Gasteiger partial charge is 0.341 e. The molecule has 1 aromatic rings. The van der Waals surface area contributed by atoms with Crippen LogP contribution in [0.5, 0.6) is 5.75 Å². The van der Waals surface area contributed by atoms with Gasteiger partial charge in [-0.1, -0.05) is 11.6 Å². The summed E-state index contributed by atoms with van der Waals surface area (Å²) < 4.78 is 10.4. The number of carboxylic acids is 1. The van der Waals surface area contributed by atoms with E-state index in [1.54, 1.807) is 20.1 Å². The number of allylic oxidation sites excluding steroid dienone is 2. The van der Waals surface area contributed by atoms with Crippen molar-refractivity contribution >= 4 is 11.9 Å². The van der Waals surface area contributed by atoms with Gasteiger partial charge in [-0.25, -0.2) is 4.79 Å². The number of ether oxygens (including phenoxy) is 2. The van der Waals surface area contributed by atoms with Gasteiger partial charge in [-0.05, 0) is 50.2 Å². The predicted molar refractivity (Wildman–Crippen MR) is 89.5 cm³/mol. The highest BCUT2D eigenvalue weighted by atomic mass is 16.6. The zero-order valence-electron chi connectivity index (χ0n) is 14.4. The maximum absolute atomic E-state index is 11.9. The number of aliphatic carboxylic acids is 1. The summed E-state index contributed by atoms with van der Waals surface area (Å²) in [6.07, 6.45) is 4.32. The van der Waals surface area contributed by atoms with Gasteiger partial charge in [0.15, 0.2) is 0 Å². The third kappa shape index (κ3) is 3.26. The molecular weight excluding hydrogens is 324 g/mol. The lowest BCUT2D eigenvalue weighted by Gasteiger charge is -2.15. The molecule has 0 bridgehead atoms. The highest BCUT2D eigenvalue weighted by molar-refractivity contribution is 5.95. The molecule has 1 aliphatic heterocycles. The molecule has 2 atom stereocenters. The van der Waals surface area contributed by atoms with E-state index in [0.29, 0.717) is 28.9 Å². The first kappa shape index (κ1) is 17.5. The number of cyclic esters (lactones) is 1. The van der Waals surface area contributed by atoms with E-state index in [1.807, 2.05) is 0 Å². The molecule has 0 amide bonds. The molecule has 1 aliphatic carbocycles. The lowest BCUT2D eigenvalue weighted by atomic mass is 9.93. The van der Waals surface area contributed by atoms with Crippen molar-refractivity contribution in [2.24, 2.45) is 5.92 Å². The Morgan fingerprint density at radius 2 is 2.24 bits per heavy atom. The number of hydrogen-bond acceptors (Lipinski definition) is 5. The third-order valence-corrected chi connectivity index (χ3v) is 5.08. The van der Waals surface area contributed by atoms with Gasteiger partial charge in [-0.3, -0.25) is 4.79 Å². The molecule has 0 radical (unpaired) electrons. The van der Waals surface area contributed by atoms with Crippen LogP contribution >= 0.6 is 0 Å². The Morgan fingerprint density at radius 1 is 1.48 bits per heavy atom. The number of esters is 1. The highest BCUT2D eigenvalue weighted by Crippen LogP contribution is 2.39. The summed E-state index contributed by atoms with van der Waals surface area (Å²) in [7, 11) is 1.55. The second-order valence-corrected chi connectivity index (χ2v) is 6.58. The summed E-state index contributed by atoms with van der Waals surface area (Å²) in [6.45, 7) is 1.79. The molecule has 6 nitrogen and oxygen atoms in total. The number of methoxy groups -OCH3 is 1. The van der Waals surface area contributed by atoms with Crippen LogP contribution in [0.15, 0.2) is 17.7 Å². The van der Waals surface area contributed by atoms with E-state index in [1.165, 1.54) is 0 Å². The normalized spacial score (nSPS) is 23.6. The number of hydrogen-bond donors (Lipinski definition) is 2. The SMILES string of the molecule is COc1c(CC=C2CCC[C@H]2CC(=O)O)cc2c(c1C)C(O)OC2=O. The molecule has 1 heterocycles. The number of aliphatic hydroxyl groups is 1. The number of benzene rings is 1. The fourth-order valence-electron chi connectivity index (χ4n) is 3.93. The van der Waals surface area contributed by atoms with E-state index < -0.39 is 18.2 Å². The van der Waals surface area contributed by atoms with Gasteiger partial charge in [0.1, 0.15) is 5.75 Å². The van der Waals surface area contributed by atoms with Gasteiger partial charge in [-0.15, -0.1) is 0 Å². The molecule has 1 aromatic carbocycles. The topological polar surface area (TPSA) is 93.1 Å². The van der Waals surface area contributed by atoms with Gasteiger partial charge in [0.2, 0.25) is 6.29 Å². The van der Waals surface area contributed by atoms with Gasteiger partial charge in [0.25, 0.3) is 0 Å². The molecule has 1 saturated carbocycles. The maximum Gasteiger partial charge on any atom is 0.341 e. The first-order chi connectivity index (χ1) is 11.9. The van der Waals surface area contributed by atoms with E-state index in [4.69, 9.17) is 14.6 Å². The standard InChI is InChI=1S/C19H22O6/c1-10-16-14(18(22)25-19(16)23)8-13(17(10)24-2)7-6-11-4-3-5-12(11)9-15(20)21/h6,8,12,19,23H,3-5,7,9H2,1-2H3,(H,20,21)/t12-,19?/m0/s1. The van der Waals surface area contributed by atoms with E-state index >= 15 is 0 Å². The van der Waals surface area contributed by atoms with Gasteiger partial charge < -0.3 is 19.7 Å². The van der Waals surface area contributed by atoms with Crippen LogP contribution in [0.4, 0.5) is 0 Å². The second-order valence-electron chi connectivity index (χ2n) is 6.58. The summed E-state index contributed by atoms with van der Waals surface area (Å²) in [6, 6.07) is 1.71. The molecule has 2 N–H and O–H groups in total. The Labute approximate surface area is 146 Å². The van der Waals surface area contributed by atoms with E-state index in [9.17, 15) is 14.7 Å². The van der Waals surface area contributed by atoms with Crippen molar-refractivity contribution in [1.82, 2.24) is 0 Å². The minimum absolute atomic E-state index is 0.0887. The summed E-state index contributed by atoms with van der Waals surface area (Å²) in [5.41, 5.74) is 3.51. The number of carboxylic acid groups (broad SMARTS) is 1. The Hall–Kier alpha value is -2.34. The average Bonchev–Trinajstić information content (AvgIpc) is 3.09. The van der Waals surface area contributed by atoms with Crippen molar-refractivity contribution in [3.8, 4) is 5.75 Å². The molecule has 0 aromatic heterocycles. The molecule has 0 saturated heterocycles. The van der Waals surface area contributed by atoms with Crippen LogP contribution in [-0.2, 0) is 16.0 Å². The minimum Gasteiger partial charge on any atom is -0.496 e. The van der Waals surface area contributed by atoms with Gasteiger partial charge >= 0.3 is 11.9 Å². The fraction of sp³-hybridized carbons (Fsp3) is 0.474. The molecule has 1 fully saturated rings. The summed E-state index contributed by atoms with van der Waals surface area (Å²) in [5, 5.41) is 18.9. The maximum atomic E-state index is 11.9. The number of fused-ring (bicyclic) bond motifs is 1. The molecule has 2 aliphatic rings. The lowest BCUT2D eigenvalue weighted by Crippen LogP contribution is -2.06. The Morgan fingerprint density at radius 3 is 2.92 bits per heavy atom. The average molecular weight is 346 g/mol. The Kier molecular flexibility index (Phi) is 4.81. The van der Waals surface area contributed by atoms with Crippen LogP contribution in [0.3, 0.4) is 0 Å². The van der Waals surface area contributed by atoms with Gasteiger partial charge in [0.05, 0.1) is 19.1 Å². The molecule has 1 unspecified atom stereocenters. The summed E-state index contributed by atoms with van der Waals surface area (Å²) in [4.78, 5) is 22.9. The van der Waals surface area contributed by atoms with E-state index in [0.717, 1.165) is 30.4 Å². The van der Waals surface area contributed by atoms with Crippen LogP contribution in [0, 0.1) is 12.8 Å². The van der Waals surface area contributed by atoms with Crippen molar-refractivity contribution in [3.63, 3.8) is 0 Å². The number of carbonyl (C=O) groups excluding carboxylic acids is 1. The zero-order valence-corrected chi connectivity index (χ0v) is 14.4. The molecule has 25 heavy (non-hydrogen) atoms. The third-order valence-electron chi connectivity index (χ3n) is 5.08. The van der Waals surface area contributed by atoms with E-state index in [-0.39, 0.29) is 12.3 Å². The number of rotatable bonds is 5. The molecule has 3 rings (SSSR count). The van der Waals surface area contributed by atoms with Crippen molar-refractivity contribution in [2.45, 2.75) is 45.3 Å². The van der Waals surface area contributed by atoms with Crippen LogP contribution in [-0.4, -0.2) is 29.3 Å². The summed E-state index contributed by atoms with van der Waals surface area (Å²) >= 11 is 0. The van der Waals surface area contributed by atoms with Crippen LogP contribution in [0.2, 0.25) is 0 Å². The van der Waals surface area contributed by atoms with Crippen LogP contribution in [0.25, 0.3) is 0 Å². The van der Waals surface area contributed by atoms with Crippen LogP contribution in [0.1, 0.15) is 59.0 Å². The lowest BCUT2D eigenvalue weighted by molar-refractivity contribution is -0.137. The van der Waals surface area contributed by atoms with Crippen molar-refractivity contribution in [1.29, 1.82) is 0 Å². The quantitative estimate of drug-likeness (QED) is 0.629. The number of carbonyl (C=O) groups is 2.